The van der Waals surface area contributed by atoms with E-state index in [-0.39, 0.29) is 12.5 Å². The summed E-state index contributed by atoms with van der Waals surface area (Å²) >= 11 is 5.85. The molecule has 0 aromatic carbocycles. The second-order valence-electron chi connectivity index (χ2n) is 6.31. The van der Waals surface area contributed by atoms with E-state index in [1.54, 1.807) is 22.1 Å². The molecular weight excluding hydrogens is 358 g/mol. The first-order chi connectivity index (χ1) is 12.5. The van der Waals surface area contributed by atoms with Crippen molar-refractivity contribution in [2.24, 2.45) is 0 Å². The summed E-state index contributed by atoms with van der Waals surface area (Å²) in [6.07, 6.45) is 1.59. The van der Waals surface area contributed by atoms with Gasteiger partial charge in [-0.15, -0.1) is 0 Å². The fourth-order valence-corrected chi connectivity index (χ4v) is 3.29. The zero-order valence-electron chi connectivity index (χ0n) is 14.7. The molecule has 0 radical (unpaired) electrons. The Bertz CT molecular complexity index is 688. The molecule has 2 saturated heterocycles. The van der Waals surface area contributed by atoms with E-state index in [9.17, 15) is 14.4 Å². The highest BCUT2D eigenvalue weighted by Crippen LogP contribution is 2.16. The maximum atomic E-state index is 12.5. The van der Waals surface area contributed by atoms with Crippen molar-refractivity contribution in [2.75, 3.05) is 57.3 Å². The molecule has 0 bridgehead atoms. The number of halogens is 1. The molecular formula is C17H22ClN5O3. The van der Waals surface area contributed by atoms with E-state index < -0.39 is 11.8 Å². The van der Waals surface area contributed by atoms with Crippen LogP contribution in [0.2, 0.25) is 5.02 Å². The van der Waals surface area contributed by atoms with Gasteiger partial charge in [-0.1, -0.05) is 11.6 Å². The van der Waals surface area contributed by atoms with Gasteiger partial charge < -0.3 is 19.6 Å². The van der Waals surface area contributed by atoms with Crippen molar-refractivity contribution in [3.8, 4) is 0 Å². The third kappa shape index (κ3) is 3.90. The van der Waals surface area contributed by atoms with E-state index in [0.29, 0.717) is 50.8 Å². The molecule has 0 unspecified atom stereocenters. The number of piperazine rings is 2. The summed E-state index contributed by atoms with van der Waals surface area (Å²) in [6.45, 7) is 5.45. The van der Waals surface area contributed by atoms with Gasteiger partial charge in [0.25, 0.3) is 0 Å². The van der Waals surface area contributed by atoms with E-state index in [1.807, 2.05) is 17.9 Å². The Morgan fingerprint density at radius 1 is 1.04 bits per heavy atom. The van der Waals surface area contributed by atoms with Crippen LogP contribution in [0.4, 0.5) is 5.82 Å². The van der Waals surface area contributed by atoms with Gasteiger partial charge in [-0.05, 0) is 19.1 Å². The lowest BCUT2D eigenvalue weighted by molar-refractivity contribution is -0.155. The lowest BCUT2D eigenvalue weighted by atomic mass is 10.2. The summed E-state index contributed by atoms with van der Waals surface area (Å²) in [7, 11) is 0. The van der Waals surface area contributed by atoms with Crippen molar-refractivity contribution in [1.82, 2.24) is 19.7 Å². The molecule has 9 heteroatoms. The number of aromatic nitrogens is 1. The number of anilines is 1. The third-order valence-corrected chi connectivity index (χ3v) is 5.00. The van der Waals surface area contributed by atoms with Crippen LogP contribution < -0.4 is 4.90 Å². The minimum atomic E-state index is -0.591. The SMILES string of the molecule is CCN1CCN(C(=O)C(=O)N2CCN(c3ccc(Cl)cn3)CC2)CC1=O. The van der Waals surface area contributed by atoms with Crippen LogP contribution in [0.3, 0.4) is 0 Å². The highest BCUT2D eigenvalue weighted by atomic mass is 35.5. The molecule has 1 aromatic rings. The fourth-order valence-electron chi connectivity index (χ4n) is 3.18. The largest absolute Gasteiger partial charge is 0.353 e. The minimum absolute atomic E-state index is 0.0208. The zero-order chi connectivity index (χ0) is 18.7. The van der Waals surface area contributed by atoms with E-state index in [0.717, 1.165) is 5.82 Å². The van der Waals surface area contributed by atoms with Gasteiger partial charge in [0.1, 0.15) is 12.4 Å². The summed E-state index contributed by atoms with van der Waals surface area (Å²) in [5.41, 5.74) is 0. The summed E-state index contributed by atoms with van der Waals surface area (Å²) in [5.74, 6) is -0.439. The number of likely N-dealkylation sites (N-methyl/N-ethyl adjacent to an activating group) is 1. The Morgan fingerprint density at radius 2 is 1.69 bits per heavy atom. The van der Waals surface area contributed by atoms with Gasteiger partial charge in [-0.25, -0.2) is 4.98 Å². The molecule has 0 aliphatic carbocycles. The molecule has 2 fully saturated rings. The first-order valence-corrected chi connectivity index (χ1v) is 9.10. The highest BCUT2D eigenvalue weighted by molar-refractivity contribution is 6.35. The van der Waals surface area contributed by atoms with Gasteiger partial charge in [0, 0.05) is 52.0 Å². The van der Waals surface area contributed by atoms with Crippen LogP contribution in [0.25, 0.3) is 0 Å². The van der Waals surface area contributed by atoms with Crippen molar-refractivity contribution in [2.45, 2.75) is 6.92 Å². The minimum Gasteiger partial charge on any atom is -0.353 e. The van der Waals surface area contributed by atoms with Crippen molar-refractivity contribution < 1.29 is 14.4 Å². The molecule has 3 amide bonds. The summed E-state index contributed by atoms with van der Waals surface area (Å²) in [6, 6.07) is 3.61. The smallest absolute Gasteiger partial charge is 0.312 e. The average Bonchev–Trinajstić information content (AvgIpc) is 2.67. The second kappa shape index (κ2) is 7.90. The lowest BCUT2D eigenvalue weighted by Crippen LogP contribution is -2.57. The van der Waals surface area contributed by atoms with Crippen molar-refractivity contribution in [3.05, 3.63) is 23.4 Å². The van der Waals surface area contributed by atoms with Crippen LogP contribution in [0.1, 0.15) is 6.92 Å². The van der Waals surface area contributed by atoms with E-state index in [1.165, 1.54) is 4.90 Å². The number of amides is 3. The van der Waals surface area contributed by atoms with Gasteiger partial charge >= 0.3 is 11.8 Å². The van der Waals surface area contributed by atoms with Gasteiger partial charge in [-0.2, -0.15) is 0 Å². The highest BCUT2D eigenvalue weighted by Gasteiger charge is 2.33. The number of hydrogen-bond donors (Lipinski definition) is 0. The van der Waals surface area contributed by atoms with E-state index >= 15 is 0 Å². The first kappa shape index (κ1) is 18.4. The molecule has 1 aromatic heterocycles. The molecule has 0 N–H and O–H groups in total. The van der Waals surface area contributed by atoms with Crippen molar-refractivity contribution in [1.29, 1.82) is 0 Å². The normalized spacial score (nSPS) is 18.3. The molecule has 0 atom stereocenters. The van der Waals surface area contributed by atoms with Gasteiger partial charge in [-0.3, -0.25) is 14.4 Å². The predicted molar refractivity (Wildman–Crippen MR) is 96.9 cm³/mol. The van der Waals surface area contributed by atoms with Gasteiger partial charge in [0.2, 0.25) is 5.91 Å². The standard InChI is InChI=1S/C17H22ClN5O3/c1-2-20-5-10-23(12-15(20)24)17(26)16(25)22-8-6-21(7-9-22)14-4-3-13(18)11-19-14/h3-4,11H,2,5-10,12H2,1H3. The van der Waals surface area contributed by atoms with Crippen molar-refractivity contribution >= 4 is 35.1 Å². The number of rotatable bonds is 2. The fraction of sp³-hybridized carbons (Fsp3) is 0.529. The van der Waals surface area contributed by atoms with Crippen LogP contribution in [-0.2, 0) is 14.4 Å². The van der Waals surface area contributed by atoms with Gasteiger partial charge in [0.15, 0.2) is 0 Å². The number of hydrogen-bond acceptors (Lipinski definition) is 5. The number of pyridine rings is 1. The summed E-state index contributed by atoms with van der Waals surface area (Å²) in [4.78, 5) is 47.8. The average molecular weight is 380 g/mol. The quantitative estimate of drug-likeness (QED) is 0.680. The maximum Gasteiger partial charge on any atom is 0.312 e. The second-order valence-corrected chi connectivity index (χ2v) is 6.75. The molecule has 8 nitrogen and oxygen atoms in total. The Balaban J connectivity index is 1.54. The molecule has 2 aliphatic rings. The van der Waals surface area contributed by atoms with Crippen LogP contribution >= 0.6 is 11.6 Å². The van der Waals surface area contributed by atoms with E-state index in [4.69, 9.17) is 11.6 Å². The number of carbonyl (C=O) groups is 3. The summed E-state index contributed by atoms with van der Waals surface area (Å²) < 4.78 is 0. The van der Waals surface area contributed by atoms with Crippen LogP contribution in [0, 0.1) is 0 Å². The van der Waals surface area contributed by atoms with Crippen LogP contribution in [0.5, 0.6) is 0 Å². The Morgan fingerprint density at radius 3 is 2.27 bits per heavy atom. The predicted octanol–water partition coefficient (Wildman–Crippen LogP) is 0.0743. The molecule has 3 heterocycles. The topological polar surface area (TPSA) is 77.1 Å². The first-order valence-electron chi connectivity index (χ1n) is 8.72. The van der Waals surface area contributed by atoms with Crippen LogP contribution in [-0.4, -0.2) is 89.8 Å². The maximum absolute atomic E-state index is 12.5. The summed E-state index contributed by atoms with van der Waals surface area (Å²) in [5, 5.41) is 0.575. The Kier molecular flexibility index (Phi) is 5.61. The molecule has 0 saturated carbocycles. The zero-order valence-corrected chi connectivity index (χ0v) is 15.5. The van der Waals surface area contributed by atoms with Gasteiger partial charge in [0.05, 0.1) is 5.02 Å². The number of nitrogens with zero attached hydrogens (tertiary/aromatic N) is 5. The monoisotopic (exact) mass is 379 g/mol. The molecule has 0 spiro atoms. The van der Waals surface area contributed by atoms with Crippen molar-refractivity contribution in [3.63, 3.8) is 0 Å². The lowest BCUT2D eigenvalue weighted by Gasteiger charge is -2.37. The van der Waals surface area contributed by atoms with E-state index in [2.05, 4.69) is 4.98 Å². The third-order valence-electron chi connectivity index (χ3n) is 4.77. The molecule has 140 valence electrons. The Hall–Kier alpha value is -2.35. The number of carbonyl (C=O) groups excluding carboxylic acids is 3. The molecule has 3 rings (SSSR count). The van der Waals surface area contributed by atoms with Crippen LogP contribution in [0.15, 0.2) is 18.3 Å². The molecule has 2 aliphatic heterocycles. The Labute approximate surface area is 157 Å². The molecule has 26 heavy (non-hydrogen) atoms.